The van der Waals surface area contributed by atoms with Crippen LogP contribution in [-0.4, -0.2) is 17.9 Å². The standard InChI is InChI=1S/C15H21NO2S/c1-14(2)9-12(10-15(3,4)19(14,17)18)11-5-7-13(16)8-6-11/h5-9H,10,16H2,1-4H3. The average Bonchev–Trinajstić information content (AvgIpc) is 2.26. The molecule has 104 valence electrons. The van der Waals surface area contributed by atoms with Crippen LogP contribution in [0.1, 0.15) is 39.7 Å². The predicted molar refractivity (Wildman–Crippen MR) is 80.5 cm³/mol. The number of nitrogens with two attached hydrogens (primary N) is 1. The maximum absolute atomic E-state index is 12.5. The molecule has 2 rings (SSSR count). The summed E-state index contributed by atoms with van der Waals surface area (Å²) in [5, 5.41) is 0. The van der Waals surface area contributed by atoms with Crippen LogP contribution in [0.15, 0.2) is 30.3 Å². The molecule has 2 N–H and O–H groups in total. The number of hydrogen-bond acceptors (Lipinski definition) is 3. The van der Waals surface area contributed by atoms with Gasteiger partial charge in [0.2, 0.25) is 0 Å². The van der Waals surface area contributed by atoms with Crippen molar-refractivity contribution in [3.63, 3.8) is 0 Å². The Balaban J connectivity index is 2.56. The molecule has 0 spiro atoms. The van der Waals surface area contributed by atoms with E-state index in [1.807, 2.05) is 30.3 Å². The summed E-state index contributed by atoms with van der Waals surface area (Å²) in [5.41, 5.74) is 8.53. The van der Waals surface area contributed by atoms with Crippen molar-refractivity contribution in [2.75, 3.05) is 5.73 Å². The number of hydrogen-bond donors (Lipinski definition) is 1. The van der Waals surface area contributed by atoms with Crippen LogP contribution in [0.3, 0.4) is 0 Å². The van der Waals surface area contributed by atoms with Gasteiger partial charge in [-0.25, -0.2) is 8.42 Å². The molecule has 0 radical (unpaired) electrons. The van der Waals surface area contributed by atoms with Gasteiger partial charge in [-0.15, -0.1) is 0 Å². The Bertz CT molecular complexity index is 623. The summed E-state index contributed by atoms with van der Waals surface area (Å²) in [4.78, 5) is 0. The molecule has 0 aromatic heterocycles. The molecule has 19 heavy (non-hydrogen) atoms. The Kier molecular flexibility index (Phi) is 3.05. The molecule has 0 fully saturated rings. The van der Waals surface area contributed by atoms with Gasteiger partial charge in [-0.3, -0.25) is 0 Å². The molecule has 0 saturated heterocycles. The second kappa shape index (κ2) is 4.10. The molecule has 1 aliphatic heterocycles. The molecule has 0 aliphatic carbocycles. The first-order valence-corrected chi connectivity index (χ1v) is 7.87. The molecule has 1 aromatic carbocycles. The largest absolute Gasteiger partial charge is 0.399 e. The highest BCUT2D eigenvalue weighted by Crippen LogP contribution is 2.43. The highest BCUT2D eigenvalue weighted by atomic mass is 32.2. The van der Waals surface area contributed by atoms with E-state index in [4.69, 9.17) is 5.73 Å². The Morgan fingerprint density at radius 3 is 2.05 bits per heavy atom. The Hall–Kier alpha value is -1.29. The molecular weight excluding hydrogens is 258 g/mol. The number of nitrogen functional groups attached to an aromatic ring is 1. The van der Waals surface area contributed by atoms with Crippen molar-refractivity contribution in [1.82, 2.24) is 0 Å². The highest BCUT2D eigenvalue weighted by Gasteiger charge is 2.48. The minimum atomic E-state index is -3.19. The van der Waals surface area contributed by atoms with Crippen LogP contribution < -0.4 is 5.73 Å². The normalized spacial score (nSPS) is 23.7. The lowest BCUT2D eigenvalue weighted by Gasteiger charge is -2.39. The smallest absolute Gasteiger partial charge is 0.164 e. The van der Waals surface area contributed by atoms with Crippen LogP contribution in [-0.2, 0) is 9.84 Å². The molecule has 0 unspecified atom stereocenters. The van der Waals surface area contributed by atoms with Crippen molar-refractivity contribution in [2.45, 2.75) is 43.6 Å². The van der Waals surface area contributed by atoms with Gasteiger partial charge >= 0.3 is 0 Å². The molecule has 0 atom stereocenters. The summed E-state index contributed by atoms with van der Waals surface area (Å²) in [5.74, 6) is 0. The summed E-state index contributed by atoms with van der Waals surface area (Å²) < 4.78 is 23.5. The lowest BCUT2D eigenvalue weighted by Crippen LogP contribution is -2.47. The fraction of sp³-hybridized carbons (Fsp3) is 0.467. The highest BCUT2D eigenvalue weighted by molar-refractivity contribution is 7.94. The Morgan fingerprint density at radius 2 is 1.58 bits per heavy atom. The minimum Gasteiger partial charge on any atom is -0.399 e. The second-order valence-corrected chi connectivity index (χ2v) is 9.50. The second-order valence-electron chi connectivity index (χ2n) is 6.33. The van der Waals surface area contributed by atoms with Crippen molar-refractivity contribution >= 4 is 21.1 Å². The topological polar surface area (TPSA) is 60.2 Å². The fourth-order valence-electron chi connectivity index (χ4n) is 2.70. The van der Waals surface area contributed by atoms with Crippen LogP contribution in [0.2, 0.25) is 0 Å². The molecule has 1 aliphatic rings. The number of anilines is 1. The SMILES string of the molecule is CC1(C)C=C(c2ccc(N)cc2)CC(C)(C)S1(=O)=O. The third kappa shape index (κ3) is 2.18. The lowest BCUT2D eigenvalue weighted by molar-refractivity contribution is 0.518. The quantitative estimate of drug-likeness (QED) is 0.804. The Labute approximate surface area is 115 Å². The first kappa shape index (κ1) is 14.1. The fourth-order valence-corrected chi connectivity index (χ4v) is 4.76. The van der Waals surface area contributed by atoms with E-state index >= 15 is 0 Å². The van der Waals surface area contributed by atoms with E-state index in [0.717, 1.165) is 11.1 Å². The van der Waals surface area contributed by atoms with E-state index in [1.54, 1.807) is 27.7 Å². The maximum atomic E-state index is 12.5. The lowest BCUT2D eigenvalue weighted by atomic mass is 9.92. The predicted octanol–water partition coefficient (Wildman–Crippen LogP) is 3.03. The minimum absolute atomic E-state index is 0.530. The van der Waals surface area contributed by atoms with E-state index in [9.17, 15) is 8.42 Å². The van der Waals surface area contributed by atoms with Gasteiger partial charge in [-0.05, 0) is 57.4 Å². The van der Waals surface area contributed by atoms with E-state index in [-0.39, 0.29) is 0 Å². The third-order valence-electron chi connectivity index (χ3n) is 3.84. The zero-order chi connectivity index (χ0) is 14.5. The molecule has 0 amide bonds. The molecule has 0 saturated carbocycles. The third-order valence-corrected chi connectivity index (χ3v) is 6.94. The van der Waals surface area contributed by atoms with Gasteiger partial charge in [0.05, 0.1) is 9.49 Å². The van der Waals surface area contributed by atoms with Gasteiger partial charge in [-0.2, -0.15) is 0 Å². The van der Waals surface area contributed by atoms with Crippen molar-refractivity contribution in [1.29, 1.82) is 0 Å². The zero-order valence-electron chi connectivity index (χ0n) is 11.9. The first-order valence-electron chi connectivity index (χ1n) is 6.39. The maximum Gasteiger partial charge on any atom is 0.164 e. The number of allylic oxidation sites excluding steroid dienone is 1. The van der Waals surface area contributed by atoms with E-state index in [0.29, 0.717) is 12.1 Å². The van der Waals surface area contributed by atoms with Crippen molar-refractivity contribution < 1.29 is 8.42 Å². The van der Waals surface area contributed by atoms with E-state index < -0.39 is 19.3 Å². The van der Waals surface area contributed by atoms with Crippen molar-refractivity contribution in [3.05, 3.63) is 35.9 Å². The Morgan fingerprint density at radius 1 is 1.05 bits per heavy atom. The van der Waals surface area contributed by atoms with Crippen LogP contribution in [0.4, 0.5) is 5.69 Å². The van der Waals surface area contributed by atoms with Crippen LogP contribution in [0, 0.1) is 0 Å². The van der Waals surface area contributed by atoms with Gasteiger partial charge in [0.15, 0.2) is 9.84 Å². The molecule has 1 aromatic rings. The van der Waals surface area contributed by atoms with Crippen LogP contribution >= 0.6 is 0 Å². The molecule has 0 bridgehead atoms. The monoisotopic (exact) mass is 279 g/mol. The summed E-state index contributed by atoms with van der Waals surface area (Å²) in [6, 6.07) is 7.59. The van der Waals surface area contributed by atoms with Gasteiger partial charge in [0, 0.05) is 5.69 Å². The number of benzene rings is 1. The summed E-state index contributed by atoms with van der Waals surface area (Å²) in [6.07, 6.45) is 2.40. The summed E-state index contributed by atoms with van der Waals surface area (Å²) in [7, 11) is -3.19. The number of rotatable bonds is 1. The van der Waals surface area contributed by atoms with Gasteiger partial charge in [0.1, 0.15) is 0 Å². The van der Waals surface area contributed by atoms with E-state index in [2.05, 4.69) is 0 Å². The molecular formula is C15H21NO2S. The van der Waals surface area contributed by atoms with Crippen LogP contribution in [0.5, 0.6) is 0 Å². The number of sulfone groups is 1. The summed E-state index contributed by atoms with van der Waals surface area (Å²) >= 11 is 0. The van der Waals surface area contributed by atoms with Crippen molar-refractivity contribution in [2.24, 2.45) is 0 Å². The average molecular weight is 279 g/mol. The molecule has 1 heterocycles. The van der Waals surface area contributed by atoms with Gasteiger partial charge in [0.25, 0.3) is 0 Å². The van der Waals surface area contributed by atoms with Gasteiger partial charge in [-0.1, -0.05) is 18.2 Å². The van der Waals surface area contributed by atoms with Crippen LogP contribution in [0.25, 0.3) is 5.57 Å². The summed E-state index contributed by atoms with van der Waals surface area (Å²) in [6.45, 7) is 7.13. The van der Waals surface area contributed by atoms with Crippen molar-refractivity contribution in [3.8, 4) is 0 Å². The van der Waals surface area contributed by atoms with Gasteiger partial charge < -0.3 is 5.73 Å². The van der Waals surface area contributed by atoms with E-state index in [1.165, 1.54) is 0 Å². The molecule has 3 nitrogen and oxygen atoms in total. The first-order chi connectivity index (χ1) is 8.57. The zero-order valence-corrected chi connectivity index (χ0v) is 12.7. The molecule has 4 heteroatoms.